The van der Waals surface area contributed by atoms with E-state index in [1.807, 2.05) is 36.0 Å². The molecule has 0 spiro atoms. The first kappa shape index (κ1) is 25.2. The van der Waals surface area contributed by atoms with E-state index in [1.54, 1.807) is 0 Å². The molecule has 0 saturated heterocycles. The molecule has 0 radical (unpaired) electrons. The van der Waals surface area contributed by atoms with Gasteiger partial charge in [0.05, 0.1) is 11.1 Å². The van der Waals surface area contributed by atoms with Crippen molar-refractivity contribution in [2.75, 3.05) is 11.5 Å². The van der Waals surface area contributed by atoms with Crippen LogP contribution in [0.2, 0.25) is 0 Å². The molecule has 0 unspecified atom stereocenters. The van der Waals surface area contributed by atoms with Crippen LogP contribution in [0.1, 0.15) is 47.9 Å². The van der Waals surface area contributed by atoms with Gasteiger partial charge >= 0.3 is 0 Å². The molecule has 0 atom stereocenters. The maximum atomic E-state index is 7.04. The molecular weight excluding hydrogens is 444 g/mol. The van der Waals surface area contributed by atoms with E-state index < -0.39 is 11.1 Å². The molecule has 2 nitrogen and oxygen atoms in total. The molecule has 4 aromatic carbocycles. The molecule has 3 heteroatoms. The average molecular weight is 481 g/mol. The Kier molecular flexibility index (Phi) is 8.81. The van der Waals surface area contributed by atoms with E-state index in [0.717, 1.165) is 37.2 Å². The van der Waals surface area contributed by atoms with Crippen LogP contribution in [0.25, 0.3) is 0 Å². The summed E-state index contributed by atoms with van der Waals surface area (Å²) in [5.74, 6) is 2.18. The van der Waals surface area contributed by atoms with Gasteiger partial charge in [-0.15, -0.1) is 0 Å². The third-order valence-corrected chi connectivity index (χ3v) is 8.03. The molecule has 0 bridgehead atoms. The molecule has 0 aliphatic heterocycles. The number of hydrogen-bond acceptors (Lipinski definition) is 3. The van der Waals surface area contributed by atoms with Crippen LogP contribution in [0.15, 0.2) is 121 Å². The lowest BCUT2D eigenvalue weighted by Crippen LogP contribution is -2.38. The Morgan fingerprint density at radius 3 is 0.943 bits per heavy atom. The average Bonchev–Trinajstić information content (AvgIpc) is 2.94. The molecule has 0 aromatic heterocycles. The zero-order valence-electron chi connectivity index (χ0n) is 20.4. The third kappa shape index (κ3) is 6.24. The molecule has 0 fully saturated rings. The second-order valence-electron chi connectivity index (χ2n) is 9.23. The molecule has 180 valence electrons. The first-order valence-electron chi connectivity index (χ1n) is 12.5. The first-order chi connectivity index (χ1) is 17.1. The highest BCUT2D eigenvalue weighted by Crippen LogP contribution is 2.34. The van der Waals surface area contributed by atoms with Gasteiger partial charge in [0, 0.05) is 0 Å². The molecule has 0 heterocycles. The molecule has 35 heavy (non-hydrogen) atoms. The predicted molar refractivity (Wildman–Crippen MR) is 151 cm³/mol. The van der Waals surface area contributed by atoms with Gasteiger partial charge in [-0.3, -0.25) is 0 Å². The Morgan fingerprint density at radius 2 is 0.686 bits per heavy atom. The highest BCUT2D eigenvalue weighted by molar-refractivity contribution is 7.99. The number of hydrogen-bond donors (Lipinski definition) is 2. The van der Waals surface area contributed by atoms with Gasteiger partial charge in [-0.2, -0.15) is 11.8 Å². The maximum Gasteiger partial charge on any atom is 0.0665 e. The zero-order chi connectivity index (χ0) is 24.4. The molecule has 0 aliphatic rings. The largest absolute Gasteiger partial charge is 0.318 e. The van der Waals surface area contributed by atoms with Crippen molar-refractivity contribution in [3.8, 4) is 0 Å². The Hall–Kier alpha value is -2.85. The highest BCUT2D eigenvalue weighted by atomic mass is 32.2. The van der Waals surface area contributed by atoms with Crippen LogP contribution in [0, 0.1) is 0 Å². The smallest absolute Gasteiger partial charge is 0.0665 e. The quantitative estimate of drug-likeness (QED) is 0.213. The van der Waals surface area contributed by atoms with Crippen molar-refractivity contribution in [3.63, 3.8) is 0 Å². The van der Waals surface area contributed by atoms with E-state index >= 15 is 0 Å². The molecular formula is C32H36N2S. The normalized spacial score (nSPS) is 11.9. The molecule has 0 amide bonds. The van der Waals surface area contributed by atoms with Crippen LogP contribution in [-0.2, 0) is 11.1 Å². The first-order valence-corrected chi connectivity index (χ1v) is 13.7. The summed E-state index contributed by atoms with van der Waals surface area (Å²) in [7, 11) is 0. The van der Waals surface area contributed by atoms with Crippen LogP contribution >= 0.6 is 11.8 Å². The monoisotopic (exact) mass is 480 g/mol. The second kappa shape index (κ2) is 12.2. The van der Waals surface area contributed by atoms with Crippen LogP contribution < -0.4 is 11.5 Å². The number of nitrogens with two attached hydrogens (primary N) is 2. The van der Waals surface area contributed by atoms with Gasteiger partial charge in [-0.1, -0.05) is 121 Å². The summed E-state index contributed by atoms with van der Waals surface area (Å²) >= 11 is 2.00. The van der Waals surface area contributed by atoms with E-state index in [-0.39, 0.29) is 0 Å². The third-order valence-electron chi connectivity index (χ3n) is 6.88. The van der Waals surface area contributed by atoms with Gasteiger partial charge in [0.1, 0.15) is 0 Å². The Morgan fingerprint density at radius 1 is 0.429 bits per heavy atom. The van der Waals surface area contributed by atoms with Crippen LogP contribution in [0.3, 0.4) is 0 Å². The molecule has 0 aliphatic carbocycles. The summed E-state index contributed by atoms with van der Waals surface area (Å²) in [6, 6.07) is 42.0. The Bertz CT molecular complexity index is 959. The van der Waals surface area contributed by atoms with E-state index in [2.05, 4.69) is 97.1 Å². The van der Waals surface area contributed by atoms with Crippen molar-refractivity contribution in [2.45, 2.75) is 36.8 Å². The minimum atomic E-state index is -0.462. The summed E-state index contributed by atoms with van der Waals surface area (Å²) < 4.78 is 0. The lowest BCUT2D eigenvalue weighted by atomic mass is 9.80. The molecule has 4 rings (SSSR count). The number of thioether (sulfide) groups is 1. The highest BCUT2D eigenvalue weighted by Gasteiger charge is 2.30. The fourth-order valence-corrected chi connectivity index (χ4v) is 5.76. The molecule has 4 N–H and O–H groups in total. The standard InChI is InChI=1S/C32H36N2S/c33-31(27-15-5-1-6-16-27,28-17-7-2-8-18-28)23-13-25-35-26-14-24-32(34,29-19-9-3-10-20-29)30-21-11-4-12-22-30/h1-12,15-22H,13-14,23-26,33-34H2. The maximum absolute atomic E-state index is 7.04. The van der Waals surface area contributed by atoms with Crippen LogP contribution in [0.5, 0.6) is 0 Å². The lowest BCUT2D eigenvalue weighted by molar-refractivity contribution is 0.484. The van der Waals surface area contributed by atoms with E-state index in [0.29, 0.717) is 0 Å². The van der Waals surface area contributed by atoms with Crippen molar-refractivity contribution in [1.82, 2.24) is 0 Å². The SMILES string of the molecule is NC(CCCSCCCC(N)(c1ccccc1)c1ccccc1)(c1ccccc1)c1ccccc1. The summed E-state index contributed by atoms with van der Waals surface area (Å²) in [5.41, 5.74) is 17.9. The van der Waals surface area contributed by atoms with Gasteiger partial charge in [0.2, 0.25) is 0 Å². The van der Waals surface area contributed by atoms with Crippen LogP contribution in [-0.4, -0.2) is 11.5 Å². The Balaban J connectivity index is 1.32. The summed E-state index contributed by atoms with van der Waals surface area (Å²) in [6.45, 7) is 0. The molecule has 4 aromatic rings. The van der Waals surface area contributed by atoms with Crippen LogP contribution in [0.4, 0.5) is 0 Å². The topological polar surface area (TPSA) is 52.0 Å². The van der Waals surface area contributed by atoms with Gasteiger partial charge in [-0.05, 0) is 59.4 Å². The fraction of sp³-hybridized carbons (Fsp3) is 0.250. The van der Waals surface area contributed by atoms with Gasteiger partial charge in [0.25, 0.3) is 0 Å². The van der Waals surface area contributed by atoms with Crippen molar-refractivity contribution in [2.24, 2.45) is 11.5 Å². The summed E-state index contributed by atoms with van der Waals surface area (Å²) in [6.07, 6.45) is 3.97. The van der Waals surface area contributed by atoms with E-state index in [9.17, 15) is 0 Å². The fourth-order valence-electron chi connectivity index (χ4n) is 4.86. The molecule has 0 saturated carbocycles. The van der Waals surface area contributed by atoms with Crippen molar-refractivity contribution < 1.29 is 0 Å². The Labute approximate surface area is 214 Å². The van der Waals surface area contributed by atoms with Crippen molar-refractivity contribution >= 4 is 11.8 Å². The van der Waals surface area contributed by atoms with Gasteiger partial charge in [0.15, 0.2) is 0 Å². The van der Waals surface area contributed by atoms with E-state index in [1.165, 1.54) is 22.3 Å². The van der Waals surface area contributed by atoms with E-state index in [4.69, 9.17) is 11.5 Å². The van der Waals surface area contributed by atoms with Crippen molar-refractivity contribution in [1.29, 1.82) is 0 Å². The number of rotatable bonds is 12. The van der Waals surface area contributed by atoms with Crippen molar-refractivity contribution in [3.05, 3.63) is 144 Å². The van der Waals surface area contributed by atoms with Gasteiger partial charge < -0.3 is 11.5 Å². The predicted octanol–water partition coefficient (Wildman–Crippen LogP) is 7.09. The lowest BCUT2D eigenvalue weighted by Gasteiger charge is -2.31. The minimum Gasteiger partial charge on any atom is -0.318 e. The second-order valence-corrected chi connectivity index (χ2v) is 10.5. The van der Waals surface area contributed by atoms with Gasteiger partial charge in [-0.25, -0.2) is 0 Å². The summed E-state index contributed by atoms with van der Waals surface area (Å²) in [4.78, 5) is 0. The number of benzene rings is 4. The zero-order valence-corrected chi connectivity index (χ0v) is 21.2. The summed E-state index contributed by atoms with van der Waals surface area (Å²) in [5, 5.41) is 0. The minimum absolute atomic E-state index is 0.462.